The van der Waals surface area contributed by atoms with Crippen LogP contribution in [0.1, 0.15) is 86.6 Å². The van der Waals surface area contributed by atoms with Gasteiger partial charge in [-0.2, -0.15) is 11.8 Å². The van der Waals surface area contributed by atoms with Crippen LogP contribution in [0.2, 0.25) is 0 Å². The Balaban J connectivity index is 0.587. The second-order valence-corrected chi connectivity index (χ2v) is 23.3. The number of rotatable bonds is 34. The van der Waals surface area contributed by atoms with Gasteiger partial charge in [0.05, 0.1) is 61.9 Å². The van der Waals surface area contributed by atoms with Crippen molar-refractivity contribution in [3.63, 3.8) is 0 Å². The number of nitrogens with one attached hydrogen (secondary N) is 5. The molecule has 8 rings (SSSR count). The van der Waals surface area contributed by atoms with Gasteiger partial charge in [0.1, 0.15) is 5.75 Å². The number of fused-ring (bicyclic) bond motifs is 2. The van der Waals surface area contributed by atoms with Crippen molar-refractivity contribution < 1.29 is 52.8 Å². The molecule has 2 aromatic carbocycles. The summed E-state index contributed by atoms with van der Waals surface area (Å²) in [7, 11) is 0. The van der Waals surface area contributed by atoms with Crippen molar-refractivity contribution in [2.75, 3.05) is 116 Å². The van der Waals surface area contributed by atoms with Crippen LogP contribution in [-0.2, 0) is 56.0 Å². The van der Waals surface area contributed by atoms with E-state index in [-0.39, 0.29) is 79.0 Å². The van der Waals surface area contributed by atoms with E-state index in [0.29, 0.717) is 116 Å². The second-order valence-electron chi connectivity index (χ2n) is 20.9. The Labute approximate surface area is 488 Å². The van der Waals surface area contributed by atoms with Gasteiger partial charge in [-0.3, -0.25) is 28.9 Å². The highest BCUT2D eigenvalue weighted by atomic mass is 32.2. The van der Waals surface area contributed by atoms with Crippen LogP contribution in [0.25, 0.3) is 27.7 Å². The Morgan fingerprint density at radius 3 is 2.12 bits per heavy atom. The number of ketones is 1. The number of carbonyl (C=O) groups excluding carboxylic acids is 6. The molecule has 4 aromatic rings. The van der Waals surface area contributed by atoms with E-state index in [9.17, 15) is 33.9 Å². The minimum absolute atomic E-state index is 0.0245. The fourth-order valence-electron chi connectivity index (χ4n) is 10.1. The van der Waals surface area contributed by atoms with Crippen molar-refractivity contribution in [3.05, 3.63) is 76.7 Å². The number of carbonyl (C=O) groups is 6. The Morgan fingerprint density at radius 2 is 1.41 bits per heavy atom. The zero-order valence-electron chi connectivity index (χ0n) is 46.9. The van der Waals surface area contributed by atoms with E-state index in [0.717, 1.165) is 102 Å². The molecule has 444 valence electrons. The number of unbranched alkanes of at least 4 members (excludes halogenated alkanes) is 1. The minimum Gasteiger partial charge on any atom is -0.508 e. The van der Waals surface area contributed by atoms with Crippen molar-refractivity contribution in [2.45, 2.75) is 101 Å². The number of ether oxygens (including phenoxy) is 4. The molecule has 0 unspecified atom stereocenters. The smallest absolute Gasteiger partial charge is 0.315 e. The van der Waals surface area contributed by atoms with E-state index in [1.807, 2.05) is 47.0 Å². The molecule has 0 radical (unpaired) electrons. The third-order valence-corrected chi connectivity index (χ3v) is 17.3. The van der Waals surface area contributed by atoms with E-state index in [1.54, 1.807) is 35.6 Å². The van der Waals surface area contributed by atoms with Gasteiger partial charge in [-0.05, 0) is 67.5 Å². The molecule has 82 heavy (non-hydrogen) atoms. The maximum Gasteiger partial charge on any atom is 0.315 e. The number of amides is 6. The van der Waals surface area contributed by atoms with Gasteiger partial charge < -0.3 is 60.4 Å². The fourth-order valence-corrected chi connectivity index (χ4v) is 12.8. The molecule has 0 bridgehead atoms. The lowest BCUT2D eigenvalue weighted by Gasteiger charge is -2.34. The van der Waals surface area contributed by atoms with Gasteiger partial charge in [0, 0.05) is 132 Å². The zero-order valence-corrected chi connectivity index (χ0v) is 48.5. The van der Waals surface area contributed by atoms with Gasteiger partial charge in [0.2, 0.25) is 23.6 Å². The molecule has 6 amide bonds. The monoisotopic (exact) mass is 1170 g/mol. The normalized spacial score (nSPS) is 18.1. The van der Waals surface area contributed by atoms with E-state index >= 15 is 0 Å². The van der Waals surface area contributed by atoms with Crippen molar-refractivity contribution >= 4 is 80.7 Å². The number of benzene rings is 2. The summed E-state index contributed by atoms with van der Waals surface area (Å²) in [5, 5.41) is 25.2. The maximum atomic E-state index is 13.1. The highest BCUT2D eigenvalue weighted by Gasteiger charge is 2.42. The summed E-state index contributed by atoms with van der Waals surface area (Å²) in [5.74, 6) is 2.23. The quantitative estimate of drug-likeness (QED) is 0.0200. The number of urea groups is 1. The number of aromatic nitrogens is 2. The van der Waals surface area contributed by atoms with Crippen LogP contribution in [0.5, 0.6) is 5.75 Å². The van der Waals surface area contributed by atoms with E-state index < -0.39 is 0 Å². The number of hydrogen-bond acceptors (Lipinski definition) is 17. The third-order valence-electron chi connectivity index (χ3n) is 14.6. The lowest BCUT2D eigenvalue weighted by atomic mass is 10.0. The van der Waals surface area contributed by atoms with E-state index in [4.69, 9.17) is 28.9 Å². The predicted molar refractivity (Wildman–Crippen MR) is 316 cm³/mol. The Bertz CT molecular complexity index is 2750. The highest BCUT2D eigenvalue weighted by Crippen LogP contribution is 2.36. The lowest BCUT2D eigenvalue weighted by Crippen LogP contribution is -2.48. The summed E-state index contributed by atoms with van der Waals surface area (Å²) < 4.78 is 23.4. The summed E-state index contributed by atoms with van der Waals surface area (Å²) in [4.78, 5) is 91.9. The van der Waals surface area contributed by atoms with Gasteiger partial charge in [0.25, 0.3) is 0 Å². The van der Waals surface area contributed by atoms with Crippen LogP contribution >= 0.6 is 23.1 Å². The molecule has 4 fully saturated rings. The summed E-state index contributed by atoms with van der Waals surface area (Å²) in [5.41, 5.74) is 3.36. The van der Waals surface area contributed by atoms with E-state index in [1.165, 1.54) is 6.08 Å². The first-order chi connectivity index (χ1) is 40.0. The molecule has 3 atom stereocenters. The van der Waals surface area contributed by atoms with Crippen LogP contribution in [-0.4, -0.2) is 189 Å². The number of phenolic OH excluding ortho intramolecular Hbond substituents is 1. The van der Waals surface area contributed by atoms with Gasteiger partial charge >= 0.3 is 6.03 Å². The number of morpholine rings is 1. The molecule has 4 aliphatic heterocycles. The Morgan fingerprint density at radius 1 is 0.732 bits per heavy atom. The molecule has 0 spiro atoms. The summed E-state index contributed by atoms with van der Waals surface area (Å²) in [6.07, 6.45) is 9.16. The first-order valence-electron chi connectivity index (χ1n) is 29.0. The van der Waals surface area contributed by atoms with Crippen molar-refractivity contribution in [1.82, 2.24) is 46.4 Å². The van der Waals surface area contributed by atoms with Crippen LogP contribution in [0, 0.1) is 0 Å². The number of allylic oxidation sites excluding steroid dienone is 1. The first kappa shape index (κ1) is 61.9. The molecular formula is C59H80N10O11S2. The van der Waals surface area contributed by atoms with Gasteiger partial charge in [-0.15, -0.1) is 11.3 Å². The second kappa shape index (κ2) is 33.2. The summed E-state index contributed by atoms with van der Waals surface area (Å²) in [6.45, 7) is 10.3. The first-order valence-corrected chi connectivity index (χ1v) is 30.8. The molecule has 0 saturated carbocycles. The highest BCUT2D eigenvalue weighted by molar-refractivity contribution is 8.00. The number of phenols is 1. The van der Waals surface area contributed by atoms with Crippen molar-refractivity contribution in [3.8, 4) is 17.1 Å². The largest absolute Gasteiger partial charge is 0.508 e. The van der Waals surface area contributed by atoms with Gasteiger partial charge in [-0.25, -0.2) is 14.8 Å². The standard InChI is InChI=1S/C59H80N10O11S2/c70-45(19-20-54(75)68-25-23-67(24-26-68)40-47-38-48-56(82-47)58(69-27-31-79-32-28-69)66-57(63-48)44-7-3-8-46(71)37-44)18-17-42-13-15-43(16-14-42)39-62-53(74)12-4-11-52(73)61-22-6-30-78-34-36-80-35-33-77-29-5-21-60-51(72)10-2-1-9-50-55-49(41-81-50)64-59(76)65-55/h3,7-8,13-18,37-38,49-50,55,71H,1-2,4-6,9-12,19-36,39-41H2,(H,60,72)(H,61,73)(H,62,74)(H2,64,65,76)/b18-17+/t49-,50-,55-/m0/s1. The molecule has 6 heterocycles. The minimum atomic E-state index is -0.138. The molecular weight excluding hydrogens is 1090 g/mol. The average Bonchev–Trinajstić information content (AvgIpc) is 4.18. The maximum absolute atomic E-state index is 13.1. The van der Waals surface area contributed by atoms with Crippen molar-refractivity contribution in [1.29, 1.82) is 0 Å². The number of thiophene rings is 1. The van der Waals surface area contributed by atoms with Gasteiger partial charge in [0.15, 0.2) is 17.4 Å². The topological polar surface area (TPSA) is 255 Å². The number of hydrogen-bond donors (Lipinski definition) is 6. The predicted octanol–water partition coefficient (Wildman–Crippen LogP) is 5.18. The molecule has 0 aliphatic carbocycles. The number of piperazine rings is 1. The van der Waals surface area contributed by atoms with Crippen molar-refractivity contribution in [2.24, 2.45) is 0 Å². The summed E-state index contributed by atoms with van der Waals surface area (Å²) in [6, 6.07) is 17.0. The summed E-state index contributed by atoms with van der Waals surface area (Å²) >= 11 is 3.59. The van der Waals surface area contributed by atoms with Crippen LogP contribution in [0.15, 0.2) is 60.7 Å². The van der Waals surface area contributed by atoms with Gasteiger partial charge in [-0.1, -0.05) is 48.9 Å². The number of anilines is 1. The molecule has 2 aromatic heterocycles. The third kappa shape index (κ3) is 20.3. The lowest BCUT2D eigenvalue weighted by molar-refractivity contribution is -0.134. The van der Waals surface area contributed by atoms with Crippen LogP contribution in [0.4, 0.5) is 10.6 Å². The molecule has 6 N–H and O–H groups in total. The molecule has 21 nitrogen and oxygen atoms in total. The Hall–Kier alpha value is -6.21. The Kier molecular flexibility index (Phi) is 25.0. The van der Waals surface area contributed by atoms with Crippen LogP contribution < -0.4 is 31.5 Å². The number of aromatic hydroxyl groups is 1. The zero-order chi connectivity index (χ0) is 57.3. The average molecular weight is 1170 g/mol. The number of thioether (sulfide) groups is 1. The molecule has 4 saturated heterocycles. The van der Waals surface area contributed by atoms with E-state index in [2.05, 4.69) is 42.5 Å². The SMILES string of the molecule is O=C(/C=C/c1ccc(CNC(=O)CCCC(=O)NCCCOCCOCCOCCCNC(=O)CCCC[C@@H]2SC[C@@H]3NC(=O)N[C@@H]32)cc1)CCC(=O)N1CCN(Cc2cc3nc(-c4cccc(O)c4)nc(N4CCOCC4)c3s2)CC1. The molecule has 23 heteroatoms. The van der Waals surface area contributed by atoms with Crippen LogP contribution in [0.3, 0.4) is 0 Å². The molecule has 4 aliphatic rings. The number of nitrogens with zero attached hydrogens (tertiary/aromatic N) is 5. The fraction of sp³-hybridized carbons (Fsp3) is 0.559.